The first-order chi connectivity index (χ1) is 9.65. The summed E-state index contributed by atoms with van der Waals surface area (Å²) in [6.07, 6.45) is 4.82. The molecule has 7 heteroatoms. The van der Waals surface area contributed by atoms with Crippen LogP contribution in [0.5, 0.6) is 0 Å². The summed E-state index contributed by atoms with van der Waals surface area (Å²) in [5.74, 6) is 1.34. The Morgan fingerprint density at radius 3 is 3.00 bits per heavy atom. The van der Waals surface area contributed by atoms with Gasteiger partial charge in [0.15, 0.2) is 0 Å². The Bertz CT molecular complexity index is 716. The molecule has 1 aliphatic rings. The minimum Gasteiger partial charge on any atom is -0.315 e. The van der Waals surface area contributed by atoms with Gasteiger partial charge >= 0.3 is 0 Å². The highest BCUT2D eigenvalue weighted by atomic mass is 16.2. The molecule has 0 aromatic carbocycles. The lowest BCUT2D eigenvalue weighted by molar-refractivity contribution is 0.101. The molecule has 0 fully saturated rings. The fraction of sp³-hybridized carbons (Fsp3) is 0.385. The molecule has 0 bridgehead atoms. The van der Waals surface area contributed by atoms with Crippen LogP contribution >= 0.6 is 0 Å². The number of hydrogen-bond acceptors (Lipinski definition) is 4. The Labute approximate surface area is 115 Å². The van der Waals surface area contributed by atoms with Gasteiger partial charge in [0, 0.05) is 26.1 Å². The summed E-state index contributed by atoms with van der Waals surface area (Å²) in [5, 5.41) is 6.72. The van der Waals surface area contributed by atoms with E-state index in [1.54, 1.807) is 6.20 Å². The Morgan fingerprint density at radius 2 is 2.20 bits per heavy atom. The molecule has 0 atom stereocenters. The van der Waals surface area contributed by atoms with Crippen molar-refractivity contribution in [1.82, 2.24) is 19.3 Å². The lowest BCUT2D eigenvalue weighted by Crippen LogP contribution is -2.24. The molecule has 0 radical (unpaired) electrons. The third kappa shape index (κ3) is 2.22. The van der Waals surface area contributed by atoms with E-state index in [0.717, 1.165) is 36.3 Å². The Balaban J connectivity index is 1.84. The molecule has 0 spiro atoms. The monoisotopic (exact) mass is 273 g/mol. The van der Waals surface area contributed by atoms with E-state index in [4.69, 9.17) is 0 Å². The van der Waals surface area contributed by atoms with E-state index in [9.17, 15) is 9.59 Å². The molecule has 3 heterocycles. The second-order valence-electron chi connectivity index (χ2n) is 4.80. The van der Waals surface area contributed by atoms with Crippen LogP contribution in [0.3, 0.4) is 0 Å². The molecule has 1 amide bonds. The molecule has 0 aliphatic carbocycles. The highest BCUT2D eigenvalue weighted by Gasteiger charge is 2.17. The van der Waals surface area contributed by atoms with Crippen LogP contribution < -0.4 is 10.9 Å². The molecule has 3 rings (SSSR count). The van der Waals surface area contributed by atoms with Crippen LogP contribution in [0, 0.1) is 0 Å². The minimum absolute atomic E-state index is 0.207. The van der Waals surface area contributed by atoms with E-state index >= 15 is 0 Å². The maximum atomic E-state index is 12.1. The standard InChI is InChI=1S/C13H15N5O2/c1-17-12(19)6-5-9(16-17)13(20)15-11-8-14-10-4-2-3-7-18(10)11/h5-6,8H,2-4,7H2,1H3,(H,15,20). The van der Waals surface area contributed by atoms with Gasteiger partial charge < -0.3 is 9.88 Å². The van der Waals surface area contributed by atoms with Crippen molar-refractivity contribution >= 4 is 11.7 Å². The van der Waals surface area contributed by atoms with Gasteiger partial charge in [-0.3, -0.25) is 9.59 Å². The van der Waals surface area contributed by atoms with Gasteiger partial charge in [-0.1, -0.05) is 0 Å². The molecular formula is C13H15N5O2. The third-order valence-corrected chi connectivity index (χ3v) is 3.41. The largest absolute Gasteiger partial charge is 0.315 e. The number of aryl methyl sites for hydroxylation is 2. The maximum absolute atomic E-state index is 12.1. The van der Waals surface area contributed by atoms with Gasteiger partial charge in [0.2, 0.25) is 0 Å². The van der Waals surface area contributed by atoms with Gasteiger partial charge in [-0.2, -0.15) is 5.10 Å². The molecule has 20 heavy (non-hydrogen) atoms. The Hall–Kier alpha value is -2.44. The van der Waals surface area contributed by atoms with E-state index in [1.165, 1.54) is 19.2 Å². The molecule has 0 unspecified atom stereocenters. The number of hydrogen-bond donors (Lipinski definition) is 1. The number of anilines is 1. The number of aromatic nitrogens is 4. The van der Waals surface area contributed by atoms with E-state index in [-0.39, 0.29) is 17.2 Å². The van der Waals surface area contributed by atoms with Crippen LogP contribution in [0.2, 0.25) is 0 Å². The van der Waals surface area contributed by atoms with Crippen LogP contribution in [-0.2, 0) is 20.0 Å². The first kappa shape index (κ1) is 12.6. The van der Waals surface area contributed by atoms with Gasteiger partial charge in [0.25, 0.3) is 11.5 Å². The van der Waals surface area contributed by atoms with Crippen molar-refractivity contribution in [3.8, 4) is 0 Å². The van der Waals surface area contributed by atoms with Crippen molar-refractivity contribution in [2.45, 2.75) is 25.8 Å². The van der Waals surface area contributed by atoms with Crippen molar-refractivity contribution < 1.29 is 4.79 Å². The van der Waals surface area contributed by atoms with Gasteiger partial charge in [-0.15, -0.1) is 0 Å². The fourth-order valence-corrected chi connectivity index (χ4v) is 2.32. The molecule has 104 valence electrons. The third-order valence-electron chi connectivity index (χ3n) is 3.41. The Morgan fingerprint density at radius 1 is 1.35 bits per heavy atom. The lowest BCUT2D eigenvalue weighted by Gasteiger charge is -2.16. The van der Waals surface area contributed by atoms with Crippen molar-refractivity contribution in [3.63, 3.8) is 0 Å². The number of imidazole rings is 1. The summed E-state index contributed by atoms with van der Waals surface area (Å²) >= 11 is 0. The predicted octanol–water partition coefficient (Wildman–Crippen LogP) is 0.565. The smallest absolute Gasteiger partial charge is 0.277 e. The van der Waals surface area contributed by atoms with Crippen LogP contribution in [0.1, 0.15) is 29.2 Å². The molecule has 2 aromatic rings. The highest BCUT2D eigenvalue weighted by molar-refractivity contribution is 6.02. The number of nitrogens with zero attached hydrogens (tertiary/aromatic N) is 4. The molecule has 2 aromatic heterocycles. The van der Waals surface area contributed by atoms with Gasteiger partial charge in [-0.25, -0.2) is 9.67 Å². The zero-order valence-corrected chi connectivity index (χ0v) is 11.2. The predicted molar refractivity (Wildman–Crippen MR) is 72.6 cm³/mol. The summed E-state index contributed by atoms with van der Waals surface area (Å²) in [6, 6.07) is 2.75. The summed E-state index contributed by atoms with van der Waals surface area (Å²) in [7, 11) is 1.51. The normalized spacial score (nSPS) is 13.8. The SMILES string of the molecule is Cn1nc(C(=O)Nc2cnc3n2CCCC3)ccc1=O. The number of carbonyl (C=O) groups excluding carboxylic acids is 1. The number of nitrogens with one attached hydrogen (secondary N) is 1. The fourth-order valence-electron chi connectivity index (χ4n) is 2.32. The van der Waals surface area contributed by atoms with E-state index in [1.807, 2.05) is 4.57 Å². The van der Waals surface area contributed by atoms with Crippen molar-refractivity contribution in [1.29, 1.82) is 0 Å². The van der Waals surface area contributed by atoms with E-state index in [0.29, 0.717) is 5.82 Å². The maximum Gasteiger partial charge on any atom is 0.277 e. The average molecular weight is 273 g/mol. The Kier molecular flexibility index (Phi) is 3.09. The number of amides is 1. The van der Waals surface area contributed by atoms with E-state index in [2.05, 4.69) is 15.4 Å². The topological polar surface area (TPSA) is 81.8 Å². The summed E-state index contributed by atoms with van der Waals surface area (Å²) in [4.78, 5) is 27.7. The molecule has 7 nitrogen and oxygen atoms in total. The molecule has 1 N–H and O–H groups in total. The minimum atomic E-state index is -0.339. The quantitative estimate of drug-likeness (QED) is 0.867. The first-order valence-corrected chi connectivity index (χ1v) is 6.55. The van der Waals surface area contributed by atoms with Gasteiger partial charge in [0.1, 0.15) is 17.3 Å². The number of carbonyl (C=O) groups is 1. The van der Waals surface area contributed by atoms with Crippen molar-refractivity contribution in [3.05, 3.63) is 40.2 Å². The lowest BCUT2D eigenvalue weighted by atomic mass is 10.2. The molecular weight excluding hydrogens is 258 g/mol. The van der Waals surface area contributed by atoms with E-state index < -0.39 is 0 Å². The van der Waals surface area contributed by atoms with Gasteiger partial charge in [-0.05, 0) is 18.9 Å². The summed E-state index contributed by atoms with van der Waals surface area (Å²) in [6.45, 7) is 0.867. The van der Waals surface area contributed by atoms with Gasteiger partial charge in [0.05, 0.1) is 6.20 Å². The number of rotatable bonds is 2. The molecule has 1 aliphatic heterocycles. The zero-order chi connectivity index (χ0) is 14.1. The van der Waals surface area contributed by atoms with Crippen molar-refractivity contribution in [2.75, 3.05) is 5.32 Å². The average Bonchev–Trinajstić information content (AvgIpc) is 2.85. The highest BCUT2D eigenvalue weighted by Crippen LogP contribution is 2.19. The molecule has 0 saturated carbocycles. The van der Waals surface area contributed by atoms with Crippen LogP contribution in [0.15, 0.2) is 23.1 Å². The van der Waals surface area contributed by atoms with Crippen LogP contribution in [0.4, 0.5) is 5.82 Å². The summed E-state index contributed by atoms with van der Waals surface area (Å²) < 4.78 is 3.16. The molecule has 0 saturated heterocycles. The second-order valence-corrected chi connectivity index (χ2v) is 4.80. The van der Waals surface area contributed by atoms with Crippen LogP contribution in [-0.4, -0.2) is 25.2 Å². The van der Waals surface area contributed by atoms with Crippen molar-refractivity contribution in [2.24, 2.45) is 7.05 Å². The van der Waals surface area contributed by atoms with Crippen LogP contribution in [0.25, 0.3) is 0 Å². The number of fused-ring (bicyclic) bond motifs is 1. The second kappa shape index (κ2) is 4.92. The summed E-state index contributed by atoms with van der Waals surface area (Å²) in [5.41, 5.74) is -0.0401. The zero-order valence-electron chi connectivity index (χ0n) is 11.2. The first-order valence-electron chi connectivity index (χ1n) is 6.55.